The van der Waals surface area contributed by atoms with Crippen molar-refractivity contribution in [2.24, 2.45) is 0 Å². The first kappa shape index (κ1) is 26.4. The van der Waals surface area contributed by atoms with Gasteiger partial charge in [0.1, 0.15) is 11.8 Å². The van der Waals surface area contributed by atoms with E-state index in [0.29, 0.717) is 18.7 Å². The minimum Gasteiger partial charge on any atom is -0.483 e. The Bertz CT molecular complexity index is 1340. The minimum atomic E-state index is -0.693. The molecule has 2 amide bonds. The molecular weight excluding hydrogens is 528 g/mol. The number of ether oxygens (including phenoxy) is 1. The van der Waals surface area contributed by atoms with Crippen LogP contribution in [0.5, 0.6) is 5.75 Å². The van der Waals surface area contributed by atoms with Crippen molar-refractivity contribution in [1.82, 2.24) is 10.2 Å². The van der Waals surface area contributed by atoms with Crippen molar-refractivity contribution in [3.63, 3.8) is 0 Å². The summed E-state index contributed by atoms with van der Waals surface area (Å²) in [5.74, 6) is 0.136. The predicted octanol–water partition coefficient (Wildman–Crippen LogP) is 6.15. The van der Waals surface area contributed by atoms with E-state index in [-0.39, 0.29) is 24.5 Å². The Balaban J connectivity index is 1.62. The predicted molar refractivity (Wildman–Crippen MR) is 151 cm³/mol. The maximum atomic E-state index is 13.7. The molecule has 0 aliphatic carbocycles. The molecule has 0 unspecified atom stereocenters. The van der Waals surface area contributed by atoms with Gasteiger partial charge in [0.25, 0.3) is 5.91 Å². The average molecular weight is 560 g/mol. The molecule has 0 saturated carbocycles. The summed E-state index contributed by atoms with van der Waals surface area (Å²) < 4.78 is 6.81. The van der Waals surface area contributed by atoms with Crippen LogP contribution in [-0.4, -0.2) is 35.4 Å². The van der Waals surface area contributed by atoms with E-state index in [9.17, 15) is 9.59 Å². The summed E-state index contributed by atoms with van der Waals surface area (Å²) in [5.41, 5.74) is 1.92. The Morgan fingerprint density at radius 2 is 1.46 bits per heavy atom. The molecule has 1 N–H and O–H groups in total. The van der Waals surface area contributed by atoms with E-state index in [1.807, 2.05) is 111 Å². The molecule has 0 spiro atoms. The first-order valence-electron chi connectivity index (χ1n) is 12.4. The summed E-state index contributed by atoms with van der Waals surface area (Å²) in [5, 5.41) is 5.09. The Morgan fingerprint density at radius 1 is 0.838 bits per heavy atom. The number of halogens is 1. The van der Waals surface area contributed by atoms with Gasteiger partial charge in [-0.3, -0.25) is 9.59 Å². The summed E-state index contributed by atoms with van der Waals surface area (Å²) >= 11 is 3.63. The van der Waals surface area contributed by atoms with Crippen molar-refractivity contribution in [1.29, 1.82) is 0 Å². The van der Waals surface area contributed by atoms with Gasteiger partial charge < -0.3 is 15.0 Å². The number of hydrogen-bond acceptors (Lipinski definition) is 3. The van der Waals surface area contributed by atoms with E-state index < -0.39 is 6.04 Å². The molecule has 0 saturated heterocycles. The number of nitrogens with zero attached hydrogens (tertiary/aromatic N) is 1. The number of nitrogens with one attached hydrogen (secondary N) is 1. The van der Waals surface area contributed by atoms with Crippen molar-refractivity contribution in [2.75, 3.05) is 6.61 Å². The van der Waals surface area contributed by atoms with E-state index in [1.54, 1.807) is 4.90 Å². The molecule has 0 fully saturated rings. The van der Waals surface area contributed by atoms with E-state index in [4.69, 9.17) is 4.74 Å². The zero-order valence-corrected chi connectivity index (χ0v) is 22.6. The second-order valence-electron chi connectivity index (χ2n) is 9.26. The summed E-state index contributed by atoms with van der Waals surface area (Å²) in [6.07, 6.45) is 0.400. The van der Waals surface area contributed by atoms with Crippen molar-refractivity contribution in [2.45, 2.75) is 38.9 Å². The average Bonchev–Trinajstić information content (AvgIpc) is 2.91. The lowest BCUT2D eigenvalue weighted by Crippen LogP contribution is -2.52. The third-order valence-corrected chi connectivity index (χ3v) is 6.89. The molecule has 5 nitrogen and oxygen atoms in total. The largest absolute Gasteiger partial charge is 0.483 e. The number of amides is 2. The van der Waals surface area contributed by atoms with Gasteiger partial charge in [0.2, 0.25) is 5.91 Å². The monoisotopic (exact) mass is 558 g/mol. The van der Waals surface area contributed by atoms with Crippen LogP contribution in [0.25, 0.3) is 10.8 Å². The molecule has 4 aromatic rings. The van der Waals surface area contributed by atoms with Crippen LogP contribution in [0.2, 0.25) is 0 Å². The van der Waals surface area contributed by atoms with Crippen LogP contribution in [0.15, 0.2) is 102 Å². The van der Waals surface area contributed by atoms with E-state index in [0.717, 1.165) is 26.4 Å². The lowest BCUT2D eigenvalue weighted by atomic mass is 10.0. The Hall–Kier alpha value is -3.64. The molecule has 0 aliphatic heterocycles. The van der Waals surface area contributed by atoms with Gasteiger partial charge in [0.05, 0.1) is 4.47 Å². The van der Waals surface area contributed by atoms with Crippen LogP contribution >= 0.6 is 15.9 Å². The Labute approximate surface area is 226 Å². The smallest absolute Gasteiger partial charge is 0.261 e. The van der Waals surface area contributed by atoms with Gasteiger partial charge in [-0.15, -0.1) is 0 Å². The van der Waals surface area contributed by atoms with Crippen LogP contribution in [0.4, 0.5) is 0 Å². The molecule has 37 heavy (non-hydrogen) atoms. The maximum Gasteiger partial charge on any atom is 0.261 e. The molecule has 4 aromatic carbocycles. The fraction of sp³-hybridized carbons (Fsp3) is 0.226. The van der Waals surface area contributed by atoms with Crippen molar-refractivity contribution >= 4 is 38.5 Å². The second kappa shape index (κ2) is 12.5. The number of carbonyl (C=O) groups is 2. The Morgan fingerprint density at radius 3 is 2.14 bits per heavy atom. The first-order valence-corrected chi connectivity index (χ1v) is 13.2. The molecule has 4 rings (SSSR count). The van der Waals surface area contributed by atoms with E-state index in [2.05, 4.69) is 21.2 Å². The van der Waals surface area contributed by atoms with Gasteiger partial charge in [-0.05, 0) is 57.7 Å². The number of fused-ring (bicyclic) bond motifs is 1. The molecule has 0 aromatic heterocycles. The number of hydrogen-bond donors (Lipinski definition) is 1. The standard InChI is InChI=1S/C31H31BrN2O3/c1-22(2)33-31(36)27(19-23-11-5-3-6-12-23)34(20-24-13-7-4-8-14-24)29(35)21-37-28-18-17-25-15-9-10-16-26(25)30(28)32/h3-18,22,27H,19-21H2,1-2H3,(H,33,36)/t27-/m0/s1. The first-order chi connectivity index (χ1) is 17.9. The van der Waals surface area contributed by atoms with Crippen LogP contribution in [0.3, 0.4) is 0 Å². The minimum absolute atomic E-state index is 0.0516. The quantitative estimate of drug-likeness (QED) is 0.254. The van der Waals surface area contributed by atoms with Gasteiger partial charge in [0, 0.05) is 19.0 Å². The molecule has 6 heteroatoms. The highest BCUT2D eigenvalue weighted by atomic mass is 79.9. The lowest BCUT2D eigenvalue weighted by molar-refractivity contribution is -0.143. The van der Waals surface area contributed by atoms with Crippen LogP contribution in [0.1, 0.15) is 25.0 Å². The van der Waals surface area contributed by atoms with Gasteiger partial charge in [-0.25, -0.2) is 0 Å². The molecule has 0 bridgehead atoms. The number of carbonyl (C=O) groups excluding carboxylic acids is 2. The maximum absolute atomic E-state index is 13.7. The van der Waals surface area contributed by atoms with E-state index in [1.165, 1.54) is 0 Å². The SMILES string of the molecule is CC(C)NC(=O)[C@H](Cc1ccccc1)N(Cc1ccccc1)C(=O)COc1ccc2ccccc2c1Br. The van der Waals surface area contributed by atoms with Gasteiger partial charge in [-0.2, -0.15) is 0 Å². The molecule has 1 atom stereocenters. The number of benzene rings is 4. The topological polar surface area (TPSA) is 58.6 Å². The van der Waals surface area contributed by atoms with Crippen molar-refractivity contribution in [3.05, 3.63) is 113 Å². The second-order valence-corrected chi connectivity index (χ2v) is 10.1. The molecule has 190 valence electrons. The van der Waals surface area contributed by atoms with Crippen molar-refractivity contribution < 1.29 is 14.3 Å². The molecule has 0 heterocycles. The highest BCUT2D eigenvalue weighted by molar-refractivity contribution is 9.10. The Kier molecular flexibility index (Phi) is 8.96. The molecule has 0 aliphatic rings. The van der Waals surface area contributed by atoms with Crippen LogP contribution in [-0.2, 0) is 22.6 Å². The fourth-order valence-corrected chi connectivity index (χ4v) is 4.87. The normalized spacial score (nSPS) is 11.8. The number of rotatable bonds is 10. The van der Waals surface area contributed by atoms with E-state index >= 15 is 0 Å². The summed E-state index contributed by atoms with van der Waals surface area (Å²) in [4.78, 5) is 28.8. The lowest BCUT2D eigenvalue weighted by Gasteiger charge is -2.32. The third kappa shape index (κ3) is 6.98. The molecular formula is C31H31BrN2O3. The van der Waals surface area contributed by atoms with Gasteiger partial charge >= 0.3 is 0 Å². The van der Waals surface area contributed by atoms with Crippen molar-refractivity contribution in [3.8, 4) is 5.75 Å². The fourth-order valence-electron chi connectivity index (χ4n) is 4.26. The molecule has 0 radical (unpaired) electrons. The zero-order valence-electron chi connectivity index (χ0n) is 21.1. The summed E-state index contributed by atoms with van der Waals surface area (Å²) in [6, 6.07) is 30.5. The highest BCUT2D eigenvalue weighted by Crippen LogP contribution is 2.33. The van der Waals surface area contributed by atoms with Crippen LogP contribution < -0.4 is 10.1 Å². The third-order valence-electron chi connectivity index (χ3n) is 6.08. The van der Waals surface area contributed by atoms with Gasteiger partial charge in [0.15, 0.2) is 6.61 Å². The summed E-state index contributed by atoms with van der Waals surface area (Å²) in [7, 11) is 0. The van der Waals surface area contributed by atoms with Gasteiger partial charge in [-0.1, -0.05) is 91.0 Å². The van der Waals surface area contributed by atoms with Crippen LogP contribution in [0, 0.1) is 0 Å². The summed E-state index contributed by atoms with van der Waals surface area (Å²) in [6.45, 7) is 3.94. The highest BCUT2D eigenvalue weighted by Gasteiger charge is 2.31. The zero-order chi connectivity index (χ0) is 26.2.